The largest absolute Gasteiger partial charge is 0.456 e. The SMILES string of the molecule is CCCC(C(=O)NC=O)c1ccc(N2CCN(C(=O)c3ccc(C(=O)OC(C)(C)C)cc3)CC2)cc1. The van der Waals surface area contributed by atoms with E-state index in [1.165, 1.54) is 0 Å². The Balaban J connectivity index is 1.58. The zero-order valence-corrected chi connectivity index (χ0v) is 21.5. The van der Waals surface area contributed by atoms with Crippen LogP contribution in [0.5, 0.6) is 0 Å². The normalized spacial score (nSPS) is 14.7. The molecule has 8 nitrogen and oxygen atoms in total. The fourth-order valence-corrected chi connectivity index (χ4v) is 4.25. The number of imide groups is 1. The number of anilines is 1. The Labute approximate surface area is 212 Å². The van der Waals surface area contributed by atoms with Gasteiger partial charge in [0.1, 0.15) is 5.60 Å². The number of benzene rings is 2. The van der Waals surface area contributed by atoms with Crippen LogP contribution in [0.3, 0.4) is 0 Å². The van der Waals surface area contributed by atoms with Crippen molar-refractivity contribution in [2.45, 2.75) is 52.1 Å². The van der Waals surface area contributed by atoms with E-state index >= 15 is 0 Å². The maximum Gasteiger partial charge on any atom is 0.338 e. The lowest BCUT2D eigenvalue weighted by molar-refractivity contribution is -0.126. The van der Waals surface area contributed by atoms with Gasteiger partial charge in [-0.1, -0.05) is 25.5 Å². The van der Waals surface area contributed by atoms with Crippen molar-refractivity contribution in [3.8, 4) is 0 Å². The first-order valence-electron chi connectivity index (χ1n) is 12.3. The lowest BCUT2D eigenvalue weighted by atomic mass is 9.93. The van der Waals surface area contributed by atoms with Crippen LogP contribution < -0.4 is 10.2 Å². The maximum atomic E-state index is 13.0. The van der Waals surface area contributed by atoms with E-state index in [4.69, 9.17) is 4.74 Å². The van der Waals surface area contributed by atoms with Gasteiger partial charge in [0, 0.05) is 37.4 Å². The summed E-state index contributed by atoms with van der Waals surface area (Å²) in [4.78, 5) is 52.1. The van der Waals surface area contributed by atoms with Gasteiger partial charge < -0.3 is 14.5 Å². The number of carbonyl (C=O) groups excluding carboxylic acids is 4. The molecular weight excluding hydrogens is 458 g/mol. The van der Waals surface area contributed by atoms with Crippen molar-refractivity contribution in [1.29, 1.82) is 0 Å². The van der Waals surface area contributed by atoms with Crippen molar-refractivity contribution in [1.82, 2.24) is 10.2 Å². The van der Waals surface area contributed by atoms with Crippen molar-refractivity contribution in [2.24, 2.45) is 0 Å². The summed E-state index contributed by atoms with van der Waals surface area (Å²) < 4.78 is 5.38. The molecule has 1 saturated heterocycles. The fourth-order valence-electron chi connectivity index (χ4n) is 4.25. The van der Waals surface area contributed by atoms with Gasteiger partial charge in [-0.2, -0.15) is 0 Å². The van der Waals surface area contributed by atoms with Crippen molar-refractivity contribution >= 4 is 29.9 Å². The number of hydrogen-bond donors (Lipinski definition) is 1. The van der Waals surface area contributed by atoms with Crippen LogP contribution in [0.15, 0.2) is 48.5 Å². The molecule has 1 atom stereocenters. The lowest BCUT2D eigenvalue weighted by Gasteiger charge is -2.36. The summed E-state index contributed by atoms with van der Waals surface area (Å²) in [6.45, 7) is 9.97. The summed E-state index contributed by atoms with van der Waals surface area (Å²) in [6.07, 6.45) is 1.92. The Morgan fingerprint density at radius 3 is 2.06 bits per heavy atom. The molecule has 36 heavy (non-hydrogen) atoms. The minimum Gasteiger partial charge on any atom is -0.456 e. The third kappa shape index (κ3) is 6.93. The summed E-state index contributed by atoms with van der Waals surface area (Å²) in [5.74, 6) is -1.12. The van der Waals surface area contributed by atoms with Crippen LogP contribution in [0.2, 0.25) is 0 Å². The number of carbonyl (C=O) groups is 4. The highest BCUT2D eigenvalue weighted by Crippen LogP contribution is 2.25. The van der Waals surface area contributed by atoms with Crippen LogP contribution in [-0.4, -0.2) is 60.9 Å². The van der Waals surface area contributed by atoms with Gasteiger partial charge in [0.2, 0.25) is 12.3 Å². The third-order valence-corrected chi connectivity index (χ3v) is 6.09. The molecule has 1 aliphatic rings. The van der Waals surface area contributed by atoms with Crippen LogP contribution in [0, 0.1) is 0 Å². The lowest BCUT2D eigenvalue weighted by Crippen LogP contribution is -2.48. The number of amides is 3. The Morgan fingerprint density at radius 1 is 0.944 bits per heavy atom. The molecule has 3 amide bonds. The zero-order chi connectivity index (χ0) is 26.3. The summed E-state index contributed by atoms with van der Waals surface area (Å²) in [5, 5.41) is 2.26. The first kappa shape index (κ1) is 26.9. The minimum absolute atomic E-state index is 0.0654. The molecule has 0 bridgehead atoms. The van der Waals surface area contributed by atoms with Gasteiger partial charge in [-0.25, -0.2) is 4.79 Å². The molecule has 192 valence electrons. The average molecular weight is 494 g/mol. The molecular formula is C28H35N3O5. The molecule has 0 spiro atoms. The van der Waals surface area contributed by atoms with Crippen molar-refractivity contribution in [3.05, 3.63) is 65.2 Å². The summed E-state index contributed by atoms with van der Waals surface area (Å²) in [5.41, 5.74) is 2.28. The molecule has 8 heteroatoms. The molecule has 1 heterocycles. The maximum absolute atomic E-state index is 13.0. The molecule has 2 aromatic carbocycles. The van der Waals surface area contributed by atoms with Crippen LogP contribution in [-0.2, 0) is 14.3 Å². The van der Waals surface area contributed by atoms with Crippen molar-refractivity contribution < 1.29 is 23.9 Å². The highest BCUT2D eigenvalue weighted by molar-refractivity contribution is 5.96. The molecule has 1 aliphatic heterocycles. The number of rotatable bonds is 8. The predicted molar refractivity (Wildman–Crippen MR) is 138 cm³/mol. The Morgan fingerprint density at radius 2 is 1.53 bits per heavy atom. The molecule has 0 radical (unpaired) electrons. The number of ether oxygens (including phenoxy) is 1. The predicted octanol–water partition coefficient (Wildman–Crippen LogP) is 3.76. The second-order valence-corrected chi connectivity index (χ2v) is 9.92. The van der Waals surface area contributed by atoms with E-state index in [2.05, 4.69) is 10.2 Å². The molecule has 0 saturated carbocycles. The van der Waals surface area contributed by atoms with Crippen LogP contribution >= 0.6 is 0 Å². The number of piperazine rings is 1. The number of nitrogens with zero attached hydrogens (tertiary/aromatic N) is 2. The standard InChI is InChI=1S/C28H35N3O5/c1-5-6-24(25(33)29-19-32)20-11-13-23(14-12-20)30-15-17-31(18-16-30)26(34)21-7-9-22(10-8-21)27(35)36-28(2,3)4/h7-14,19,24H,5-6,15-18H2,1-4H3,(H,29,32,33). The zero-order valence-electron chi connectivity index (χ0n) is 21.5. The van der Waals surface area contributed by atoms with Gasteiger partial charge in [0.25, 0.3) is 5.91 Å². The Hall–Kier alpha value is -3.68. The van der Waals surface area contributed by atoms with E-state index in [0.717, 1.165) is 17.7 Å². The molecule has 2 aromatic rings. The molecule has 3 rings (SSSR count). The van der Waals surface area contributed by atoms with E-state index in [1.54, 1.807) is 24.3 Å². The van der Waals surface area contributed by atoms with E-state index in [9.17, 15) is 19.2 Å². The quantitative estimate of drug-likeness (QED) is 0.444. The summed E-state index contributed by atoms with van der Waals surface area (Å²) in [6, 6.07) is 14.4. The number of hydrogen-bond acceptors (Lipinski definition) is 6. The van der Waals surface area contributed by atoms with Crippen molar-refractivity contribution in [3.63, 3.8) is 0 Å². The molecule has 1 unspecified atom stereocenters. The molecule has 0 aromatic heterocycles. The van der Waals surface area contributed by atoms with E-state index in [1.807, 2.05) is 56.9 Å². The van der Waals surface area contributed by atoms with Gasteiger partial charge in [0.15, 0.2) is 0 Å². The van der Waals surface area contributed by atoms with E-state index in [0.29, 0.717) is 50.1 Å². The summed E-state index contributed by atoms with van der Waals surface area (Å²) >= 11 is 0. The van der Waals surface area contributed by atoms with Gasteiger partial charge >= 0.3 is 5.97 Å². The summed E-state index contributed by atoms with van der Waals surface area (Å²) in [7, 11) is 0. The Kier molecular flexibility index (Phi) is 8.85. The first-order valence-corrected chi connectivity index (χ1v) is 12.3. The highest BCUT2D eigenvalue weighted by atomic mass is 16.6. The second kappa shape index (κ2) is 11.8. The van der Waals surface area contributed by atoms with Crippen LogP contribution in [0.25, 0.3) is 0 Å². The van der Waals surface area contributed by atoms with Crippen molar-refractivity contribution in [2.75, 3.05) is 31.1 Å². The molecule has 1 N–H and O–H groups in total. The monoisotopic (exact) mass is 493 g/mol. The number of nitrogens with one attached hydrogen (secondary N) is 1. The second-order valence-electron chi connectivity index (χ2n) is 9.92. The topological polar surface area (TPSA) is 96.0 Å². The van der Waals surface area contributed by atoms with Gasteiger partial charge in [-0.15, -0.1) is 0 Å². The van der Waals surface area contributed by atoms with Crippen LogP contribution in [0.4, 0.5) is 5.69 Å². The van der Waals surface area contributed by atoms with Gasteiger partial charge in [0.05, 0.1) is 11.5 Å². The van der Waals surface area contributed by atoms with E-state index < -0.39 is 11.6 Å². The Bertz CT molecular complexity index is 1070. The van der Waals surface area contributed by atoms with Gasteiger partial charge in [-0.3, -0.25) is 19.7 Å². The van der Waals surface area contributed by atoms with Gasteiger partial charge in [-0.05, 0) is 69.2 Å². The first-order chi connectivity index (χ1) is 17.1. The highest BCUT2D eigenvalue weighted by Gasteiger charge is 2.24. The molecule has 0 aliphatic carbocycles. The molecule has 1 fully saturated rings. The minimum atomic E-state index is -0.576. The average Bonchev–Trinajstić information content (AvgIpc) is 2.86. The number of esters is 1. The van der Waals surface area contributed by atoms with E-state index in [-0.39, 0.29) is 17.7 Å². The fraction of sp³-hybridized carbons (Fsp3) is 0.429. The smallest absolute Gasteiger partial charge is 0.338 e. The third-order valence-electron chi connectivity index (χ3n) is 6.09. The van der Waals surface area contributed by atoms with Crippen LogP contribution in [0.1, 0.15) is 72.7 Å².